The molecule has 0 atom stereocenters. The molecule has 4 aromatic rings. The molecule has 0 spiro atoms. The molecule has 3 aromatic carbocycles. The monoisotopic (exact) mass is 505 g/mol. The summed E-state index contributed by atoms with van der Waals surface area (Å²) in [6, 6.07) is 21.5. The van der Waals surface area contributed by atoms with E-state index in [1.54, 1.807) is 11.8 Å². The smallest absolute Gasteiger partial charge is 0.319 e. The number of benzene rings is 3. The Balaban J connectivity index is 1.56. The van der Waals surface area contributed by atoms with E-state index in [1.807, 2.05) is 66.1 Å². The Morgan fingerprint density at radius 2 is 1.83 bits per heavy atom. The van der Waals surface area contributed by atoms with Crippen LogP contribution in [0.4, 0.5) is 10.5 Å². The van der Waals surface area contributed by atoms with Crippen molar-refractivity contribution in [3.8, 4) is 5.69 Å². The molecule has 0 aliphatic heterocycles. The van der Waals surface area contributed by atoms with E-state index in [9.17, 15) is 4.79 Å². The van der Waals surface area contributed by atoms with Crippen molar-refractivity contribution < 1.29 is 4.79 Å². The van der Waals surface area contributed by atoms with E-state index < -0.39 is 0 Å². The molecular weight excluding hydrogens is 478 g/mol. The van der Waals surface area contributed by atoms with E-state index in [4.69, 9.17) is 11.6 Å². The molecule has 0 aliphatic rings. The summed E-state index contributed by atoms with van der Waals surface area (Å²) >= 11 is 7.94. The summed E-state index contributed by atoms with van der Waals surface area (Å²) in [6.07, 6.45) is 0.905. The number of carbonyl (C=O) groups is 1. The number of carbonyl (C=O) groups excluding carboxylic acids is 1. The molecule has 0 unspecified atom stereocenters. The summed E-state index contributed by atoms with van der Waals surface area (Å²) in [7, 11) is 0. The van der Waals surface area contributed by atoms with Crippen LogP contribution < -0.4 is 10.6 Å². The van der Waals surface area contributed by atoms with Gasteiger partial charge < -0.3 is 10.6 Å². The zero-order chi connectivity index (χ0) is 24.8. The van der Waals surface area contributed by atoms with Crippen LogP contribution in [0.15, 0.2) is 71.9 Å². The quantitative estimate of drug-likeness (QED) is 0.261. The number of halogens is 1. The second-order valence-corrected chi connectivity index (χ2v) is 9.62. The first kappa shape index (κ1) is 24.8. The van der Waals surface area contributed by atoms with Gasteiger partial charge in [-0.15, -0.1) is 10.2 Å². The first-order chi connectivity index (χ1) is 16.9. The highest BCUT2D eigenvalue weighted by Gasteiger charge is 2.18. The van der Waals surface area contributed by atoms with Crippen molar-refractivity contribution in [1.82, 2.24) is 20.1 Å². The maximum Gasteiger partial charge on any atom is 0.319 e. The van der Waals surface area contributed by atoms with Crippen LogP contribution in [0.5, 0.6) is 0 Å². The molecule has 0 aliphatic carbocycles. The van der Waals surface area contributed by atoms with Crippen LogP contribution in [0, 0.1) is 13.8 Å². The van der Waals surface area contributed by atoms with E-state index >= 15 is 0 Å². The molecule has 0 fully saturated rings. The van der Waals surface area contributed by atoms with Gasteiger partial charge in [0, 0.05) is 16.5 Å². The number of anilines is 1. The highest BCUT2D eigenvalue weighted by molar-refractivity contribution is 7.98. The van der Waals surface area contributed by atoms with Crippen LogP contribution >= 0.6 is 23.4 Å². The van der Waals surface area contributed by atoms with Crippen LogP contribution in [0.3, 0.4) is 0 Å². The molecule has 4 rings (SSSR count). The highest BCUT2D eigenvalue weighted by atomic mass is 35.5. The number of aromatic nitrogens is 3. The average Bonchev–Trinajstić information content (AvgIpc) is 3.26. The molecular formula is C27H28ClN5OS. The van der Waals surface area contributed by atoms with Gasteiger partial charge in [-0.3, -0.25) is 4.57 Å². The number of thioether (sulfide) groups is 1. The molecule has 180 valence electrons. The Labute approximate surface area is 215 Å². The van der Waals surface area contributed by atoms with Crippen molar-refractivity contribution in [3.05, 3.63) is 99.8 Å². The van der Waals surface area contributed by atoms with Gasteiger partial charge in [0.15, 0.2) is 11.0 Å². The molecule has 0 saturated carbocycles. The first-order valence-corrected chi connectivity index (χ1v) is 12.8. The fraction of sp³-hybridized carbons (Fsp3) is 0.222. The number of hydrogen-bond acceptors (Lipinski definition) is 4. The SMILES string of the molecule is CCc1cccc(NC(=O)NCc2nnc(SCc3ccccc3C)n2-c2cc(Cl)ccc2C)c1. The number of amides is 2. The lowest BCUT2D eigenvalue weighted by atomic mass is 10.1. The van der Waals surface area contributed by atoms with Crippen LogP contribution in [0.1, 0.15) is 35.0 Å². The summed E-state index contributed by atoms with van der Waals surface area (Å²) in [5, 5.41) is 16.0. The number of hydrogen-bond donors (Lipinski definition) is 2. The standard InChI is InChI=1S/C27H28ClN5OS/c1-4-20-9-7-11-23(14-20)30-26(34)29-16-25-31-32-27(35-17-21-10-6-5-8-18(21)2)33(25)24-15-22(28)13-12-19(24)3/h5-15H,4,16-17H2,1-3H3,(H2,29,30,34). The number of aryl methyl sites for hydroxylation is 3. The molecule has 0 saturated heterocycles. The summed E-state index contributed by atoms with van der Waals surface area (Å²) in [5.41, 5.74) is 6.31. The summed E-state index contributed by atoms with van der Waals surface area (Å²) < 4.78 is 1.97. The van der Waals surface area contributed by atoms with Crippen LogP contribution in [-0.4, -0.2) is 20.8 Å². The van der Waals surface area contributed by atoms with Crippen LogP contribution in [0.2, 0.25) is 5.02 Å². The predicted molar refractivity (Wildman–Crippen MR) is 144 cm³/mol. The van der Waals surface area contributed by atoms with Gasteiger partial charge in [-0.05, 0) is 66.8 Å². The maximum absolute atomic E-state index is 12.6. The van der Waals surface area contributed by atoms with E-state index in [2.05, 4.69) is 46.8 Å². The van der Waals surface area contributed by atoms with Gasteiger partial charge in [0.05, 0.1) is 12.2 Å². The minimum Gasteiger partial charge on any atom is -0.331 e. The van der Waals surface area contributed by atoms with Crippen molar-refractivity contribution in [1.29, 1.82) is 0 Å². The van der Waals surface area contributed by atoms with E-state index in [1.165, 1.54) is 11.1 Å². The van der Waals surface area contributed by atoms with E-state index in [0.29, 0.717) is 10.8 Å². The Morgan fingerprint density at radius 3 is 2.63 bits per heavy atom. The maximum atomic E-state index is 12.6. The Hall–Kier alpha value is -3.29. The second kappa shape index (κ2) is 11.4. The number of nitrogens with zero attached hydrogens (tertiary/aromatic N) is 3. The Kier molecular flexibility index (Phi) is 8.10. The summed E-state index contributed by atoms with van der Waals surface area (Å²) in [5.74, 6) is 1.38. The lowest BCUT2D eigenvalue weighted by molar-refractivity contribution is 0.251. The van der Waals surface area contributed by atoms with Gasteiger partial charge in [-0.2, -0.15) is 0 Å². The zero-order valence-corrected chi connectivity index (χ0v) is 21.6. The lowest BCUT2D eigenvalue weighted by Crippen LogP contribution is -2.29. The van der Waals surface area contributed by atoms with Gasteiger partial charge in [-0.25, -0.2) is 4.79 Å². The minimum absolute atomic E-state index is 0.211. The van der Waals surface area contributed by atoms with Crippen LogP contribution in [0.25, 0.3) is 5.69 Å². The molecule has 8 heteroatoms. The Morgan fingerprint density at radius 1 is 1.00 bits per heavy atom. The molecule has 2 amide bonds. The van der Waals surface area contributed by atoms with Gasteiger partial charge in [0.25, 0.3) is 0 Å². The van der Waals surface area contributed by atoms with E-state index in [-0.39, 0.29) is 12.6 Å². The van der Waals surface area contributed by atoms with Gasteiger partial charge in [0.1, 0.15) is 0 Å². The normalized spacial score (nSPS) is 10.9. The Bertz CT molecular complexity index is 1340. The highest BCUT2D eigenvalue weighted by Crippen LogP contribution is 2.29. The van der Waals surface area contributed by atoms with Crippen molar-refractivity contribution >= 4 is 35.1 Å². The van der Waals surface area contributed by atoms with Crippen molar-refractivity contribution in [3.63, 3.8) is 0 Å². The topological polar surface area (TPSA) is 71.8 Å². The number of rotatable bonds is 8. The fourth-order valence-electron chi connectivity index (χ4n) is 3.69. The first-order valence-electron chi connectivity index (χ1n) is 11.5. The van der Waals surface area contributed by atoms with Gasteiger partial charge >= 0.3 is 6.03 Å². The van der Waals surface area contributed by atoms with Crippen molar-refractivity contribution in [2.45, 2.75) is 44.6 Å². The third-order valence-corrected chi connectivity index (χ3v) is 6.94. The molecule has 6 nitrogen and oxygen atoms in total. The van der Waals surface area contributed by atoms with Crippen molar-refractivity contribution in [2.75, 3.05) is 5.32 Å². The molecule has 1 heterocycles. The molecule has 1 aromatic heterocycles. The lowest BCUT2D eigenvalue weighted by Gasteiger charge is -2.14. The second-order valence-electron chi connectivity index (χ2n) is 8.24. The summed E-state index contributed by atoms with van der Waals surface area (Å²) in [6.45, 7) is 6.42. The molecule has 2 N–H and O–H groups in total. The molecule has 0 bridgehead atoms. The minimum atomic E-state index is -0.301. The zero-order valence-electron chi connectivity index (χ0n) is 20.0. The van der Waals surface area contributed by atoms with Crippen molar-refractivity contribution in [2.24, 2.45) is 0 Å². The number of nitrogens with one attached hydrogen (secondary N) is 2. The average molecular weight is 506 g/mol. The fourth-order valence-corrected chi connectivity index (χ4v) is 4.90. The number of urea groups is 1. The van der Waals surface area contributed by atoms with Crippen LogP contribution in [-0.2, 0) is 18.7 Å². The van der Waals surface area contributed by atoms with Gasteiger partial charge in [-0.1, -0.05) is 72.8 Å². The predicted octanol–water partition coefficient (Wildman–Crippen LogP) is 6.71. The van der Waals surface area contributed by atoms with Gasteiger partial charge in [0.2, 0.25) is 0 Å². The molecule has 0 radical (unpaired) electrons. The largest absolute Gasteiger partial charge is 0.331 e. The van der Waals surface area contributed by atoms with E-state index in [0.717, 1.165) is 39.8 Å². The molecule has 35 heavy (non-hydrogen) atoms. The third-order valence-electron chi connectivity index (χ3n) is 5.73. The summed E-state index contributed by atoms with van der Waals surface area (Å²) in [4.78, 5) is 12.6. The third kappa shape index (κ3) is 6.24.